The third-order valence-electron chi connectivity index (χ3n) is 3.35. The zero-order chi connectivity index (χ0) is 15.2. The average molecular weight is 287 g/mol. The van der Waals surface area contributed by atoms with Gasteiger partial charge >= 0.3 is 0 Å². The lowest BCUT2D eigenvalue weighted by atomic mass is 10.0. The van der Waals surface area contributed by atoms with Gasteiger partial charge in [-0.15, -0.1) is 0 Å². The Kier molecular flexibility index (Phi) is 5.06. The van der Waals surface area contributed by atoms with E-state index in [1.807, 2.05) is 49.4 Å². The first-order valence-electron chi connectivity index (χ1n) is 6.94. The number of hydrogen-bond acceptors (Lipinski definition) is 4. The molecule has 0 spiro atoms. The molecule has 0 fully saturated rings. The van der Waals surface area contributed by atoms with Gasteiger partial charge in [-0.3, -0.25) is 0 Å². The van der Waals surface area contributed by atoms with Crippen molar-refractivity contribution in [1.82, 2.24) is 0 Å². The predicted molar refractivity (Wildman–Crippen MR) is 83.3 cm³/mol. The molecule has 4 heteroatoms. The zero-order valence-electron chi connectivity index (χ0n) is 12.6. The molecule has 4 nitrogen and oxygen atoms in total. The molecule has 0 saturated carbocycles. The Morgan fingerprint density at radius 3 is 2.05 bits per heavy atom. The van der Waals surface area contributed by atoms with Crippen LogP contribution in [0.3, 0.4) is 0 Å². The molecule has 2 aromatic carbocycles. The van der Waals surface area contributed by atoms with E-state index in [2.05, 4.69) is 0 Å². The Balaban J connectivity index is 2.43. The fourth-order valence-electron chi connectivity index (χ4n) is 2.13. The summed E-state index contributed by atoms with van der Waals surface area (Å²) in [5, 5.41) is 0. The molecule has 0 aliphatic carbocycles. The highest BCUT2D eigenvalue weighted by Gasteiger charge is 2.16. The van der Waals surface area contributed by atoms with Gasteiger partial charge in [-0.25, -0.2) is 0 Å². The highest BCUT2D eigenvalue weighted by molar-refractivity contribution is 5.54. The monoisotopic (exact) mass is 287 g/mol. The Morgan fingerprint density at radius 1 is 0.905 bits per heavy atom. The number of rotatable bonds is 6. The van der Waals surface area contributed by atoms with Gasteiger partial charge in [0, 0.05) is 11.6 Å². The summed E-state index contributed by atoms with van der Waals surface area (Å²) in [4.78, 5) is 0. The molecule has 0 heterocycles. The summed E-state index contributed by atoms with van der Waals surface area (Å²) >= 11 is 0. The van der Waals surface area contributed by atoms with Crippen molar-refractivity contribution < 1.29 is 14.2 Å². The molecule has 0 aliphatic rings. The summed E-state index contributed by atoms with van der Waals surface area (Å²) in [6, 6.07) is 13.2. The molecule has 2 rings (SSSR count). The van der Waals surface area contributed by atoms with Crippen LogP contribution in [0.2, 0.25) is 0 Å². The van der Waals surface area contributed by atoms with E-state index in [1.165, 1.54) is 0 Å². The lowest BCUT2D eigenvalue weighted by Gasteiger charge is -2.18. The number of methoxy groups -OCH3 is 2. The minimum Gasteiger partial charge on any atom is -0.493 e. The van der Waals surface area contributed by atoms with E-state index in [0.29, 0.717) is 17.2 Å². The van der Waals surface area contributed by atoms with Crippen LogP contribution < -0.4 is 19.9 Å². The van der Waals surface area contributed by atoms with Gasteiger partial charge in [-0.05, 0) is 24.6 Å². The van der Waals surface area contributed by atoms with Crippen LogP contribution in [0.15, 0.2) is 42.5 Å². The second kappa shape index (κ2) is 6.99. The fourth-order valence-corrected chi connectivity index (χ4v) is 2.13. The third-order valence-corrected chi connectivity index (χ3v) is 3.35. The molecule has 1 atom stereocenters. The Bertz CT molecular complexity index is 576. The van der Waals surface area contributed by atoms with Crippen molar-refractivity contribution in [2.24, 2.45) is 5.73 Å². The smallest absolute Gasteiger partial charge is 0.211 e. The minimum absolute atomic E-state index is 0.0677. The van der Waals surface area contributed by atoms with E-state index < -0.39 is 0 Å². The molecule has 0 aromatic heterocycles. The molecule has 1 unspecified atom stereocenters. The van der Waals surface area contributed by atoms with E-state index in [9.17, 15) is 0 Å². The molecular weight excluding hydrogens is 266 g/mol. The maximum Gasteiger partial charge on any atom is 0.211 e. The normalized spacial score (nSPS) is 11.8. The van der Waals surface area contributed by atoms with Crippen molar-refractivity contribution in [1.29, 1.82) is 0 Å². The van der Waals surface area contributed by atoms with E-state index in [-0.39, 0.29) is 6.04 Å². The van der Waals surface area contributed by atoms with E-state index in [1.54, 1.807) is 14.2 Å². The molecule has 21 heavy (non-hydrogen) atoms. The second-order valence-corrected chi connectivity index (χ2v) is 4.65. The van der Waals surface area contributed by atoms with Crippen LogP contribution in [-0.4, -0.2) is 14.2 Å². The highest BCUT2D eigenvalue weighted by atomic mass is 16.5. The number of ether oxygens (including phenoxy) is 3. The summed E-state index contributed by atoms with van der Waals surface area (Å²) in [5.41, 5.74) is 7.11. The van der Waals surface area contributed by atoms with Gasteiger partial charge in [0.25, 0.3) is 0 Å². The topological polar surface area (TPSA) is 53.7 Å². The van der Waals surface area contributed by atoms with E-state index in [4.69, 9.17) is 19.9 Å². The van der Waals surface area contributed by atoms with Gasteiger partial charge in [0.1, 0.15) is 5.75 Å². The van der Waals surface area contributed by atoms with Crippen molar-refractivity contribution in [2.75, 3.05) is 14.2 Å². The predicted octanol–water partition coefficient (Wildman–Crippen LogP) is 3.91. The summed E-state index contributed by atoms with van der Waals surface area (Å²) in [6.07, 6.45) is 0.837. The van der Waals surface area contributed by atoms with Crippen molar-refractivity contribution in [3.8, 4) is 23.0 Å². The van der Waals surface area contributed by atoms with Crippen LogP contribution in [0, 0.1) is 0 Å². The van der Waals surface area contributed by atoms with Crippen LogP contribution in [-0.2, 0) is 0 Å². The minimum atomic E-state index is -0.0677. The molecular formula is C17H21NO3. The van der Waals surface area contributed by atoms with E-state index in [0.717, 1.165) is 17.7 Å². The molecule has 0 saturated heterocycles. The first kappa shape index (κ1) is 15.2. The molecule has 112 valence electrons. The van der Waals surface area contributed by atoms with Crippen LogP contribution in [0.5, 0.6) is 23.0 Å². The maximum atomic E-state index is 6.15. The van der Waals surface area contributed by atoms with Crippen LogP contribution in [0.1, 0.15) is 24.9 Å². The van der Waals surface area contributed by atoms with Gasteiger partial charge in [-0.1, -0.05) is 31.2 Å². The van der Waals surface area contributed by atoms with E-state index >= 15 is 0 Å². The fraction of sp³-hybridized carbons (Fsp3) is 0.294. The molecule has 0 bridgehead atoms. The summed E-state index contributed by atoms with van der Waals surface area (Å²) in [7, 11) is 3.20. The lowest BCUT2D eigenvalue weighted by Crippen LogP contribution is -2.10. The van der Waals surface area contributed by atoms with Gasteiger partial charge < -0.3 is 19.9 Å². The van der Waals surface area contributed by atoms with Gasteiger partial charge in [0.15, 0.2) is 11.5 Å². The highest BCUT2D eigenvalue weighted by Crippen LogP contribution is 2.41. The second-order valence-electron chi connectivity index (χ2n) is 4.65. The summed E-state index contributed by atoms with van der Waals surface area (Å²) in [6.45, 7) is 2.05. The van der Waals surface area contributed by atoms with Gasteiger partial charge in [0.05, 0.1) is 14.2 Å². The summed E-state index contributed by atoms with van der Waals surface area (Å²) < 4.78 is 16.7. The van der Waals surface area contributed by atoms with Gasteiger partial charge in [-0.2, -0.15) is 0 Å². The van der Waals surface area contributed by atoms with Crippen molar-refractivity contribution in [3.63, 3.8) is 0 Å². The van der Waals surface area contributed by atoms with Crippen molar-refractivity contribution >= 4 is 0 Å². The first-order chi connectivity index (χ1) is 10.2. The Labute approximate surface area is 125 Å². The average Bonchev–Trinajstić information content (AvgIpc) is 2.54. The quantitative estimate of drug-likeness (QED) is 0.875. The van der Waals surface area contributed by atoms with Crippen LogP contribution >= 0.6 is 0 Å². The van der Waals surface area contributed by atoms with Crippen LogP contribution in [0.4, 0.5) is 0 Å². The molecule has 0 radical (unpaired) electrons. The third kappa shape index (κ3) is 3.28. The SMILES string of the molecule is CCC(N)c1ccccc1Oc1c(OC)cccc1OC. The lowest BCUT2D eigenvalue weighted by molar-refractivity contribution is 0.344. The standard InChI is InChI=1S/C17H21NO3/c1-4-13(18)12-8-5-6-9-14(12)21-17-15(19-2)10-7-11-16(17)20-3/h5-11,13H,4,18H2,1-3H3. The van der Waals surface area contributed by atoms with Gasteiger partial charge in [0.2, 0.25) is 5.75 Å². The number of benzene rings is 2. The van der Waals surface area contributed by atoms with Crippen LogP contribution in [0.25, 0.3) is 0 Å². The first-order valence-corrected chi connectivity index (χ1v) is 6.94. The molecule has 0 amide bonds. The number of hydrogen-bond donors (Lipinski definition) is 1. The Hall–Kier alpha value is -2.20. The summed E-state index contributed by atoms with van der Waals surface area (Å²) in [5.74, 6) is 2.51. The number of para-hydroxylation sites is 2. The zero-order valence-corrected chi connectivity index (χ0v) is 12.6. The Morgan fingerprint density at radius 2 is 1.48 bits per heavy atom. The largest absolute Gasteiger partial charge is 0.493 e. The maximum absolute atomic E-state index is 6.15. The molecule has 2 aromatic rings. The molecule has 0 aliphatic heterocycles. The van der Waals surface area contributed by atoms with Crippen molar-refractivity contribution in [2.45, 2.75) is 19.4 Å². The molecule has 2 N–H and O–H groups in total. The van der Waals surface area contributed by atoms with Crippen molar-refractivity contribution in [3.05, 3.63) is 48.0 Å². The number of nitrogens with two attached hydrogens (primary N) is 1.